The Morgan fingerprint density at radius 3 is 2.37 bits per heavy atom. The molecule has 102 valence electrons. The van der Waals surface area contributed by atoms with Crippen LogP contribution in [0.3, 0.4) is 0 Å². The number of amides is 1. The van der Waals surface area contributed by atoms with Gasteiger partial charge in [0, 0.05) is 18.2 Å². The van der Waals surface area contributed by atoms with Crippen molar-refractivity contribution in [2.45, 2.75) is 25.8 Å². The Morgan fingerprint density at radius 1 is 1.16 bits per heavy atom. The molecule has 0 saturated heterocycles. The molecule has 3 nitrogen and oxygen atoms in total. The summed E-state index contributed by atoms with van der Waals surface area (Å²) in [6.07, 6.45) is 3.58. The second-order valence-electron chi connectivity index (χ2n) is 6.35. The highest BCUT2D eigenvalue weighted by Crippen LogP contribution is 2.54. The number of nitrogens with one attached hydrogen (secondary N) is 1. The van der Waals surface area contributed by atoms with Crippen molar-refractivity contribution in [3.63, 3.8) is 0 Å². The zero-order valence-corrected chi connectivity index (χ0v) is 11.7. The molecule has 2 aliphatic rings. The fourth-order valence-corrected chi connectivity index (χ4v) is 3.23. The maximum absolute atomic E-state index is 12.1. The number of rotatable bonds is 4. The first-order chi connectivity index (χ1) is 9.11. The monoisotopic (exact) mass is 258 g/mol. The number of fused-ring (bicyclic) bond motifs is 1. The van der Waals surface area contributed by atoms with Gasteiger partial charge in [-0.1, -0.05) is 12.1 Å². The summed E-state index contributed by atoms with van der Waals surface area (Å²) in [6.45, 7) is 0.931. The Kier molecular flexibility index (Phi) is 3.31. The lowest BCUT2D eigenvalue weighted by atomic mass is 10.0. The minimum atomic E-state index is 0.215. The van der Waals surface area contributed by atoms with Crippen molar-refractivity contribution in [1.29, 1.82) is 0 Å². The predicted octanol–water partition coefficient (Wildman–Crippen LogP) is 2.73. The Balaban J connectivity index is 1.55. The molecule has 0 spiro atoms. The van der Waals surface area contributed by atoms with Crippen LogP contribution in [0.4, 0.5) is 5.69 Å². The Hall–Kier alpha value is -1.35. The van der Waals surface area contributed by atoms with E-state index in [9.17, 15) is 4.79 Å². The molecule has 1 N–H and O–H groups in total. The van der Waals surface area contributed by atoms with Crippen molar-refractivity contribution < 1.29 is 4.79 Å². The number of anilines is 1. The van der Waals surface area contributed by atoms with E-state index in [1.165, 1.54) is 12.0 Å². The second-order valence-corrected chi connectivity index (χ2v) is 6.35. The summed E-state index contributed by atoms with van der Waals surface area (Å²) >= 11 is 0. The van der Waals surface area contributed by atoms with Crippen molar-refractivity contribution in [3.05, 3.63) is 29.8 Å². The van der Waals surface area contributed by atoms with Crippen LogP contribution < -0.4 is 5.32 Å². The predicted molar refractivity (Wildman–Crippen MR) is 76.8 cm³/mol. The third-order valence-electron chi connectivity index (χ3n) is 4.33. The highest BCUT2D eigenvalue weighted by atomic mass is 16.1. The maximum atomic E-state index is 12.1. The quantitative estimate of drug-likeness (QED) is 0.900. The van der Waals surface area contributed by atoms with Crippen LogP contribution in [-0.2, 0) is 11.3 Å². The number of hydrogen-bond acceptors (Lipinski definition) is 2. The van der Waals surface area contributed by atoms with Crippen LogP contribution in [0.1, 0.15) is 24.8 Å². The molecule has 3 rings (SSSR count). The van der Waals surface area contributed by atoms with Crippen LogP contribution >= 0.6 is 0 Å². The molecule has 2 fully saturated rings. The van der Waals surface area contributed by atoms with Crippen molar-refractivity contribution in [3.8, 4) is 0 Å². The normalized spacial score (nSPS) is 28.3. The first-order valence-corrected chi connectivity index (χ1v) is 7.16. The Labute approximate surface area is 115 Å². The zero-order valence-electron chi connectivity index (χ0n) is 11.7. The lowest BCUT2D eigenvalue weighted by Gasteiger charge is -2.13. The van der Waals surface area contributed by atoms with Crippen LogP contribution in [-0.4, -0.2) is 24.9 Å². The molecule has 0 radical (unpaired) electrons. The third-order valence-corrected chi connectivity index (χ3v) is 4.33. The van der Waals surface area contributed by atoms with Gasteiger partial charge in [0.25, 0.3) is 0 Å². The summed E-state index contributed by atoms with van der Waals surface area (Å²) < 4.78 is 0. The summed E-state index contributed by atoms with van der Waals surface area (Å²) in [5, 5.41) is 3.05. The van der Waals surface area contributed by atoms with E-state index < -0.39 is 0 Å². The van der Waals surface area contributed by atoms with E-state index in [0.29, 0.717) is 0 Å². The van der Waals surface area contributed by atoms with Gasteiger partial charge >= 0.3 is 0 Å². The molecule has 0 aliphatic heterocycles. The van der Waals surface area contributed by atoms with E-state index in [4.69, 9.17) is 0 Å². The molecule has 1 aromatic rings. The number of hydrogen-bond donors (Lipinski definition) is 1. The summed E-state index contributed by atoms with van der Waals surface area (Å²) in [5.41, 5.74) is 2.19. The number of nitrogens with zero attached hydrogens (tertiary/aromatic N) is 1. The first kappa shape index (κ1) is 12.7. The van der Waals surface area contributed by atoms with E-state index >= 15 is 0 Å². The number of carbonyl (C=O) groups is 1. The average Bonchev–Trinajstić information content (AvgIpc) is 2.98. The van der Waals surface area contributed by atoms with E-state index in [1.54, 1.807) is 0 Å². The summed E-state index contributed by atoms with van der Waals surface area (Å²) in [5.74, 6) is 2.19. The van der Waals surface area contributed by atoms with Gasteiger partial charge in [-0.3, -0.25) is 4.79 Å². The summed E-state index contributed by atoms with van der Waals surface area (Å²) in [4.78, 5) is 14.3. The van der Waals surface area contributed by atoms with Gasteiger partial charge in [0.15, 0.2) is 0 Å². The third kappa shape index (κ3) is 2.98. The van der Waals surface area contributed by atoms with Gasteiger partial charge in [-0.05, 0) is 62.9 Å². The first-order valence-electron chi connectivity index (χ1n) is 7.16. The molecule has 0 heterocycles. The molecular formula is C16H22N2O. The minimum absolute atomic E-state index is 0.215. The summed E-state index contributed by atoms with van der Waals surface area (Å²) in [7, 11) is 4.11. The van der Waals surface area contributed by atoms with Crippen LogP contribution in [0.5, 0.6) is 0 Å². The molecule has 2 atom stereocenters. The molecule has 2 aliphatic carbocycles. The molecular weight excluding hydrogens is 236 g/mol. The van der Waals surface area contributed by atoms with E-state index in [-0.39, 0.29) is 11.8 Å². The van der Waals surface area contributed by atoms with Crippen molar-refractivity contribution >= 4 is 11.6 Å². The van der Waals surface area contributed by atoms with E-state index in [0.717, 1.165) is 36.9 Å². The standard InChI is InChI=1S/C16H22N2O/c1-18(2)10-11-3-5-15(6-4-11)17-16(19)14-8-12-7-13(12)9-14/h3-6,12-14H,7-10H2,1-2H3,(H,17,19). The molecule has 19 heavy (non-hydrogen) atoms. The van der Waals surface area contributed by atoms with Gasteiger partial charge in [0.05, 0.1) is 0 Å². The maximum Gasteiger partial charge on any atom is 0.227 e. The van der Waals surface area contributed by atoms with Gasteiger partial charge in [0.1, 0.15) is 0 Å². The highest BCUT2D eigenvalue weighted by molar-refractivity contribution is 5.92. The topological polar surface area (TPSA) is 32.3 Å². The summed E-state index contributed by atoms with van der Waals surface area (Å²) in [6, 6.07) is 8.18. The molecule has 2 saturated carbocycles. The Morgan fingerprint density at radius 2 is 1.79 bits per heavy atom. The molecule has 1 aromatic carbocycles. The molecule has 3 heteroatoms. The largest absolute Gasteiger partial charge is 0.326 e. The fourth-order valence-electron chi connectivity index (χ4n) is 3.23. The van der Waals surface area contributed by atoms with Crippen molar-refractivity contribution in [2.75, 3.05) is 19.4 Å². The molecule has 1 amide bonds. The highest BCUT2D eigenvalue weighted by Gasteiger charge is 2.47. The van der Waals surface area contributed by atoms with E-state index in [1.807, 2.05) is 12.1 Å². The second kappa shape index (κ2) is 4.97. The lowest BCUT2D eigenvalue weighted by Crippen LogP contribution is -2.21. The molecule has 2 unspecified atom stereocenters. The van der Waals surface area contributed by atoms with Gasteiger partial charge in [-0.25, -0.2) is 0 Å². The SMILES string of the molecule is CN(C)Cc1ccc(NC(=O)C2CC3CC3C2)cc1. The minimum Gasteiger partial charge on any atom is -0.326 e. The zero-order chi connectivity index (χ0) is 13.4. The van der Waals surface area contributed by atoms with E-state index in [2.05, 4.69) is 36.4 Å². The van der Waals surface area contributed by atoms with Gasteiger partial charge in [-0.15, -0.1) is 0 Å². The van der Waals surface area contributed by atoms with Crippen molar-refractivity contribution in [1.82, 2.24) is 4.90 Å². The number of benzene rings is 1. The lowest BCUT2D eigenvalue weighted by molar-refractivity contribution is -0.120. The van der Waals surface area contributed by atoms with Gasteiger partial charge in [0.2, 0.25) is 5.91 Å². The van der Waals surface area contributed by atoms with Crippen LogP contribution in [0, 0.1) is 17.8 Å². The van der Waals surface area contributed by atoms with Crippen LogP contribution in [0.2, 0.25) is 0 Å². The Bertz CT molecular complexity index is 456. The molecule has 0 bridgehead atoms. The smallest absolute Gasteiger partial charge is 0.227 e. The average molecular weight is 258 g/mol. The van der Waals surface area contributed by atoms with Gasteiger partial charge in [-0.2, -0.15) is 0 Å². The van der Waals surface area contributed by atoms with Gasteiger partial charge < -0.3 is 10.2 Å². The van der Waals surface area contributed by atoms with Crippen LogP contribution in [0.25, 0.3) is 0 Å². The van der Waals surface area contributed by atoms with Crippen LogP contribution in [0.15, 0.2) is 24.3 Å². The fraction of sp³-hybridized carbons (Fsp3) is 0.562. The number of carbonyl (C=O) groups excluding carboxylic acids is 1. The van der Waals surface area contributed by atoms with Crippen molar-refractivity contribution in [2.24, 2.45) is 17.8 Å². The molecule has 0 aromatic heterocycles.